The Balaban J connectivity index is 2.02. The van der Waals surface area contributed by atoms with Gasteiger partial charge >= 0.3 is 0 Å². The number of rotatable bonds is 8. The quantitative estimate of drug-likeness (QED) is 0.206. The standard InChI is InChI=1S/C25H28N4O4S2/c26-16-6-5-15-25(29,34(30,31)23-13-11-21(27)17-7-1-3-9-19(17)23)35(32,33)24-14-12-22(28)18-8-2-4-10-20(18)24/h1-4,7-14H,5-6,15-16,26-29H2. The van der Waals surface area contributed by atoms with Crippen LogP contribution in [0.15, 0.2) is 82.6 Å². The summed E-state index contributed by atoms with van der Waals surface area (Å²) in [6.07, 6.45) is 0.270. The molecule has 4 aromatic carbocycles. The summed E-state index contributed by atoms with van der Waals surface area (Å²) in [4.78, 5) is -0.387. The maximum atomic E-state index is 14.2. The molecule has 4 aromatic rings. The highest BCUT2D eigenvalue weighted by atomic mass is 32.3. The molecule has 4 rings (SSSR count). The Hall–Kier alpha value is -3.18. The third-order valence-electron chi connectivity index (χ3n) is 6.30. The first-order chi connectivity index (χ1) is 16.6. The SMILES string of the molecule is NCCCCC(N)(S(=O)(=O)c1ccc(N)c2ccccc12)S(=O)(=O)c1ccc(N)c2ccccc12. The van der Waals surface area contributed by atoms with Crippen molar-refractivity contribution in [1.82, 2.24) is 0 Å². The number of benzene rings is 4. The van der Waals surface area contributed by atoms with E-state index in [4.69, 9.17) is 22.9 Å². The number of hydrogen-bond donors (Lipinski definition) is 4. The molecule has 0 unspecified atom stereocenters. The Kier molecular flexibility index (Phi) is 6.50. The van der Waals surface area contributed by atoms with E-state index in [1.165, 1.54) is 24.3 Å². The Labute approximate surface area is 204 Å². The average molecular weight is 513 g/mol. The lowest BCUT2D eigenvalue weighted by atomic mass is 10.1. The molecule has 0 radical (unpaired) electrons. The first-order valence-corrected chi connectivity index (χ1v) is 14.1. The van der Waals surface area contributed by atoms with E-state index in [1.807, 2.05) is 0 Å². The van der Waals surface area contributed by atoms with E-state index >= 15 is 0 Å². The van der Waals surface area contributed by atoms with Crippen LogP contribution in [-0.2, 0) is 19.7 Å². The smallest absolute Gasteiger partial charge is 0.230 e. The van der Waals surface area contributed by atoms with Crippen LogP contribution in [0.5, 0.6) is 0 Å². The molecule has 0 aromatic heterocycles. The van der Waals surface area contributed by atoms with Crippen molar-refractivity contribution in [1.29, 1.82) is 0 Å². The molecule has 8 N–H and O–H groups in total. The van der Waals surface area contributed by atoms with Gasteiger partial charge in [-0.25, -0.2) is 16.8 Å². The van der Waals surface area contributed by atoms with E-state index in [-0.39, 0.29) is 29.2 Å². The fraction of sp³-hybridized carbons (Fsp3) is 0.200. The van der Waals surface area contributed by atoms with Crippen molar-refractivity contribution in [2.75, 3.05) is 18.0 Å². The first kappa shape index (κ1) is 24.9. The largest absolute Gasteiger partial charge is 0.398 e. The third kappa shape index (κ3) is 3.92. The van der Waals surface area contributed by atoms with Crippen LogP contribution < -0.4 is 22.9 Å². The van der Waals surface area contributed by atoms with Gasteiger partial charge in [0.05, 0.1) is 9.79 Å². The molecule has 0 saturated heterocycles. The normalized spacial score (nSPS) is 12.9. The Bertz CT molecular complexity index is 1520. The highest BCUT2D eigenvalue weighted by Gasteiger charge is 2.53. The Morgan fingerprint density at radius 2 is 1.00 bits per heavy atom. The molecule has 10 heteroatoms. The second-order valence-corrected chi connectivity index (χ2v) is 13.1. The average Bonchev–Trinajstić information content (AvgIpc) is 2.84. The van der Waals surface area contributed by atoms with Crippen LogP contribution in [0.2, 0.25) is 0 Å². The number of unbranched alkanes of at least 4 members (excludes halogenated alkanes) is 1. The van der Waals surface area contributed by atoms with Gasteiger partial charge < -0.3 is 17.2 Å². The summed E-state index contributed by atoms with van der Waals surface area (Å²) in [6, 6.07) is 18.8. The van der Waals surface area contributed by atoms with E-state index in [2.05, 4.69) is 0 Å². The molecule has 0 fully saturated rings. The van der Waals surface area contributed by atoms with Crippen molar-refractivity contribution in [3.63, 3.8) is 0 Å². The van der Waals surface area contributed by atoms with E-state index in [0.29, 0.717) is 39.3 Å². The monoisotopic (exact) mass is 512 g/mol. The van der Waals surface area contributed by atoms with Gasteiger partial charge in [0.15, 0.2) is 0 Å². The second-order valence-electron chi connectivity index (χ2n) is 8.46. The first-order valence-electron chi connectivity index (χ1n) is 11.1. The fourth-order valence-electron chi connectivity index (χ4n) is 4.36. The molecule has 0 spiro atoms. The zero-order chi connectivity index (χ0) is 25.4. The summed E-state index contributed by atoms with van der Waals surface area (Å²) in [5.74, 6) is 0. The summed E-state index contributed by atoms with van der Waals surface area (Å²) in [5.41, 5.74) is 25.0. The summed E-state index contributed by atoms with van der Waals surface area (Å²) in [7, 11) is -9.29. The van der Waals surface area contributed by atoms with Gasteiger partial charge in [0.25, 0.3) is 0 Å². The Morgan fingerprint density at radius 1 is 0.600 bits per heavy atom. The molecular weight excluding hydrogens is 484 g/mol. The lowest BCUT2D eigenvalue weighted by Gasteiger charge is -2.30. The molecule has 0 aliphatic rings. The number of anilines is 2. The van der Waals surface area contributed by atoms with Crippen LogP contribution in [0.1, 0.15) is 19.3 Å². The van der Waals surface area contributed by atoms with Crippen LogP contribution >= 0.6 is 0 Å². The lowest BCUT2D eigenvalue weighted by molar-refractivity contribution is 0.516. The zero-order valence-electron chi connectivity index (χ0n) is 19.0. The third-order valence-corrected chi connectivity index (χ3v) is 11.7. The van der Waals surface area contributed by atoms with Gasteiger partial charge in [-0.05, 0) is 50.1 Å². The molecule has 0 atom stereocenters. The zero-order valence-corrected chi connectivity index (χ0v) is 20.6. The van der Waals surface area contributed by atoms with Crippen LogP contribution in [0.4, 0.5) is 11.4 Å². The summed E-state index contributed by atoms with van der Waals surface area (Å²) in [6.45, 7) is 0.270. The van der Waals surface area contributed by atoms with E-state index in [1.54, 1.807) is 48.5 Å². The highest BCUT2D eigenvalue weighted by molar-refractivity contribution is 8.10. The molecule has 0 heterocycles. The van der Waals surface area contributed by atoms with Crippen molar-refractivity contribution < 1.29 is 16.8 Å². The van der Waals surface area contributed by atoms with Gasteiger partial charge in [-0.3, -0.25) is 5.73 Å². The van der Waals surface area contributed by atoms with Crippen LogP contribution in [0.3, 0.4) is 0 Å². The highest BCUT2D eigenvalue weighted by Crippen LogP contribution is 2.41. The van der Waals surface area contributed by atoms with Crippen LogP contribution in [0, 0.1) is 0 Å². The molecule has 0 saturated carbocycles. The molecule has 8 nitrogen and oxygen atoms in total. The minimum Gasteiger partial charge on any atom is -0.398 e. The summed E-state index contributed by atoms with van der Waals surface area (Å²) >= 11 is 0. The number of nitrogen functional groups attached to an aromatic ring is 2. The lowest BCUT2D eigenvalue weighted by Crippen LogP contribution is -2.54. The van der Waals surface area contributed by atoms with E-state index < -0.39 is 23.9 Å². The van der Waals surface area contributed by atoms with Gasteiger partial charge in [-0.2, -0.15) is 0 Å². The van der Waals surface area contributed by atoms with Crippen LogP contribution in [-0.4, -0.2) is 27.6 Å². The molecule has 0 aliphatic heterocycles. The minimum absolute atomic E-state index is 0.194. The minimum atomic E-state index is -4.65. The van der Waals surface area contributed by atoms with Gasteiger partial charge in [0.1, 0.15) is 0 Å². The van der Waals surface area contributed by atoms with E-state index in [0.717, 1.165) is 0 Å². The fourth-order valence-corrected chi connectivity index (χ4v) is 9.05. The molecule has 35 heavy (non-hydrogen) atoms. The van der Waals surface area contributed by atoms with Gasteiger partial charge in [0.2, 0.25) is 23.9 Å². The second kappa shape index (κ2) is 9.12. The molecular formula is C25H28N4O4S2. The van der Waals surface area contributed by atoms with Crippen molar-refractivity contribution in [2.45, 2.75) is 33.3 Å². The van der Waals surface area contributed by atoms with E-state index in [9.17, 15) is 16.8 Å². The molecule has 0 bridgehead atoms. The predicted octanol–water partition coefficient (Wildman–Crippen LogP) is 3.15. The van der Waals surface area contributed by atoms with Crippen molar-refractivity contribution in [3.8, 4) is 0 Å². The molecule has 0 amide bonds. The number of fused-ring (bicyclic) bond motifs is 2. The summed E-state index contributed by atoms with van der Waals surface area (Å²) in [5, 5.41) is 1.60. The number of hydrogen-bond acceptors (Lipinski definition) is 8. The molecule has 0 aliphatic carbocycles. The summed E-state index contributed by atoms with van der Waals surface area (Å²) < 4.78 is 54.1. The number of nitrogens with two attached hydrogens (primary N) is 4. The van der Waals surface area contributed by atoms with Gasteiger partial charge in [-0.1, -0.05) is 48.5 Å². The van der Waals surface area contributed by atoms with Crippen molar-refractivity contribution in [2.24, 2.45) is 11.5 Å². The van der Waals surface area contributed by atoms with Crippen molar-refractivity contribution in [3.05, 3.63) is 72.8 Å². The maximum absolute atomic E-state index is 14.2. The predicted molar refractivity (Wildman–Crippen MR) is 141 cm³/mol. The van der Waals surface area contributed by atoms with Gasteiger partial charge in [-0.15, -0.1) is 0 Å². The number of sulfone groups is 2. The molecule has 184 valence electrons. The van der Waals surface area contributed by atoms with Crippen molar-refractivity contribution >= 4 is 52.6 Å². The topological polar surface area (TPSA) is 172 Å². The maximum Gasteiger partial charge on any atom is 0.230 e. The Morgan fingerprint density at radius 3 is 1.40 bits per heavy atom. The van der Waals surface area contributed by atoms with Gasteiger partial charge in [0, 0.05) is 32.9 Å². The van der Waals surface area contributed by atoms with Crippen LogP contribution in [0.25, 0.3) is 21.5 Å².